The summed E-state index contributed by atoms with van der Waals surface area (Å²) in [6.45, 7) is 0.885. The van der Waals surface area contributed by atoms with Gasteiger partial charge in [-0.25, -0.2) is 9.98 Å². The fraction of sp³-hybridized carbons (Fsp3) is 0.0556. The molecule has 0 aliphatic carbocycles. The molecule has 0 atom stereocenters. The second-order valence-electron chi connectivity index (χ2n) is 5.63. The van der Waals surface area contributed by atoms with Gasteiger partial charge in [-0.1, -0.05) is 0 Å². The van der Waals surface area contributed by atoms with E-state index in [1.807, 2.05) is 72.1 Å². The molecule has 0 spiro atoms. The molecule has 0 amide bonds. The van der Waals surface area contributed by atoms with Crippen LogP contribution in [-0.4, -0.2) is 30.1 Å². The molecule has 6 nitrogen and oxygen atoms in total. The van der Waals surface area contributed by atoms with Gasteiger partial charge in [0.05, 0.1) is 17.8 Å². The molecule has 3 aromatic rings. The molecule has 116 valence electrons. The zero-order chi connectivity index (χ0) is 15.9. The van der Waals surface area contributed by atoms with Crippen LogP contribution in [-0.2, 0) is 6.54 Å². The summed E-state index contributed by atoms with van der Waals surface area (Å²) in [6.07, 6.45) is 13.4. The number of pyridine rings is 2. The average Bonchev–Trinajstić information content (AvgIpc) is 3.40. The SMILES string of the molecule is C1=Nc2c3ccnc-3ccn2C1.c1cn2ccc3[nH]ccc3c2n1. The Morgan fingerprint density at radius 1 is 0.958 bits per heavy atom. The Bertz CT molecular complexity index is 1090. The van der Waals surface area contributed by atoms with Crippen LogP contribution in [0.4, 0.5) is 5.82 Å². The van der Waals surface area contributed by atoms with E-state index in [1.165, 1.54) is 5.39 Å². The van der Waals surface area contributed by atoms with E-state index in [4.69, 9.17) is 0 Å². The van der Waals surface area contributed by atoms with Crippen LogP contribution in [0.15, 0.2) is 66.4 Å². The quantitative estimate of drug-likeness (QED) is 0.475. The van der Waals surface area contributed by atoms with E-state index in [0.717, 1.165) is 34.8 Å². The summed E-state index contributed by atoms with van der Waals surface area (Å²) in [7, 11) is 0. The number of fused-ring (bicyclic) bond motifs is 6. The van der Waals surface area contributed by atoms with Crippen LogP contribution in [0.2, 0.25) is 0 Å². The molecule has 0 bridgehead atoms. The van der Waals surface area contributed by atoms with E-state index in [1.54, 1.807) is 0 Å². The lowest BCUT2D eigenvalue weighted by molar-refractivity contribution is 0.890. The number of aliphatic imine (C=N–C) groups is 1. The van der Waals surface area contributed by atoms with E-state index >= 15 is 0 Å². The monoisotopic (exact) mass is 314 g/mol. The Morgan fingerprint density at radius 2 is 1.96 bits per heavy atom. The third-order valence-corrected chi connectivity index (χ3v) is 4.24. The maximum Gasteiger partial charge on any atom is 0.146 e. The fourth-order valence-electron chi connectivity index (χ4n) is 3.07. The lowest BCUT2D eigenvalue weighted by Crippen LogP contribution is -1.94. The van der Waals surface area contributed by atoms with Crippen LogP contribution in [0.5, 0.6) is 0 Å². The number of imidazole rings is 1. The molecule has 3 aliphatic rings. The number of aromatic amines is 1. The minimum atomic E-state index is 0.885. The summed E-state index contributed by atoms with van der Waals surface area (Å²) in [5.41, 5.74) is 4.31. The lowest BCUT2D eigenvalue weighted by atomic mass is 10.2. The van der Waals surface area contributed by atoms with Crippen molar-refractivity contribution in [2.45, 2.75) is 6.54 Å². The van der Waals surface area contributed by atoms with Crippen molar-refractivity contribution in [2.75, 3.05) is 0 Å². The molecule has 0 saturated heterocycles. The third-order valence-electron chi connectivity index (χ3n) is 4.24. The second kappa shape index (κ2) is 5.06. The molecule has 0 aromatic carbocycles. The van der Waals surface area contributed by atoms with Gasteiger partial charge in [0.1, 0.15) is 11.5 Å². The zero-order valence-electron chi connectivity index (χ0n) is 12.8. The maximum absolute atomic E-state index is 4.30. The Balaban J connectivity index is 0.000000109. The van der Waals surface area contributed by atoms with Crippen molar-refractivity contribution in [3.63, 3.8) is 0 Å². The fourth-order valence-corrected chi connectivity index (χ4v) is 3.07. The Kier molecular flexibility index (Phi) is 2.75. The first-order chi connectivity index (χ1) is 11.9. The molecule has 0 saturated carbocycles. The summed E-state index contributed by atoms with van der Waals surface area (Å²) < 4.78 is 4.13. The Morgan fingerprint density at radius 3 is 2.96 bits per heavy atom. The van der Waals surface area contributed by atoms with Crippen molar-refractivity contribution < 1.29 is 0 Å². The smallest absolute Gasteiger partial charge is 0.146 e. The van der Waals surface area contributed by atoms with Gasteiger partial charge >= 0.3 is 0 Å². The Labute approximate surface area is 137 Å². The number of nitrogens with zero attached hydrogens (tertiary/aromatic N) is 5. The number of aromatic nitrogens is 5. The van der Waals surface area contributed by atoms with Gasteiger partial charge < -0.3 is 14.0 Å². The van der Waals surface area contributed by atoms with Gasteiger partial charge in [0, 0.05) is 54.3 Å². The van der Waals surface area contributed by atoms with E-state index in [2.05, 4.69) is 24.5 Å². The van der Waals surface area contributed by atoms with Gasteiger partial charge in [0.15, 0.2) is 0 Å². The standard InChI is InChI=1S/2C9H7N3/c2*1-3-10-8-2-5-12-6-4-11-9(12)7(1)8/h1-5H,6H2;1-6,10H. The first-order valence-corrected chi connectivity index (χ1v) is 7.75. The van der Waals surface area contributed by atoms with Gasteiger partial charge in [0.25, 0.3) is 0 Å². The maximum atomic E-state index is 4.30. The molecule has 1 N–H and O–H groups in total. The van der Waals surface area contributed by atoms with Crippen molar-refractivity contribution in [1.82, 2.24) is 23.9 Å². The molecule has 6 rings (SSSR count). The average molecular weight is 314 g/mol. The summed E-state index contributed by atoms with van der Waals surface area (Å²) in [6, 6.07) is 8.11. The first-order valence-electron chi connectivity index (χ1n) is 7.75. The number of rotatable bonds is 0. The highest BCUT2D eigenvalue weighted by molar-refractivity contribution is 5.91. The predicted molar refractivity (Wildman–Crippen MR) is 94.0 cm³/mol. The zero-order valence-corrected chi connectivity index (χ0v) is 12.8. The molecule has 3 aliphatic heterocycles. The van der Waals surface area contributed by atoms with E-state index in [0.29, 0.717) is 0 Å². The predicted octanol–water partition coefficient (Wildman–Crippen LogP) is 3.52. The van der Waals surface area contributed by atoms with Crippen LogP contribution < -0.4 is 0 Å². The van der Waals surface area contributed by atoms with Crippen LogP contribution in [0.25, 0.3) is 27.8 Å². The first kappa shape index (κ1) is 13.1. The van der Waals surface area contributed by atoms with Crippen molar-refractivity contribution in [1.29, 1.82) is 0 Å². The summed E-state index contributed by atoms with van der Waals surface area (Å²) in [5, 5.41) is 1.17. The minimum Gasteiger partial charge on any atom is -0.361 e. The minimum absolute atomic E-state index is 0.885. The van der Waals surface area contributed by atoms with Crippen molar-refractivity contribution in [3.8, 4) is 11.3 Å². The van der Waals surface area contributed by atoms with Crippen LogP contribution in [0.3, 0.4) is 0 Å². The third kappa shape index (κ3) is 1.93. The van der Waals surface area contributed by atoms with E-state index in [-0.39, 0.29) is 0 Å². The second-order valence-corrected chi connectivity index (χ2v) is 5.63. The summed E-state index contributed by atoms with van der Waals surface area (Å²) >= 11 is 0. The molecular weight excluding hydrogens is 300 g/mol. The highest BCUT2D eigenvalue weighted by atomic mass is 15.1. The van der Waals surface area contributed by atoms with Crippen LogP contribution in [0, 0.1) is 0 Å². The largest absolute Gasteiger partial charge is 0.361 e. The van der Waals surface area contributed by atoms with Crippen molar-refractivity contribution in [3.05, 3.63) is 61.4 Å². The highest BCUT2D eigenvalue weighted by Crippen LogP contribution is 2.32. The van der Waals surface area contributed by atoms with E-state index < -0.39 is 0 Å². The molecule has 24 heavy (non-hydrogen) atoms. The van der Waals surface area contributed by atoms with Crippen molar-refractivity contribution in [2.24, 2.45) is 4.99 Å². The van der Waals surface area contributed by atoms with Gasteiger partial charge in [-0.05, 0) is 24.3 Å². The van der Waals surface area contributed by atoms with Crippen molar-refractivity contribution >= 4 is 28.6 Å². The number of hydrogen-bond acceptors (Lipinski definition) is 3. The van der Waals surface area contributed by atoms with Gasteiger partial charge in [-0.3, -0.25) is 4.98 Å². The van der Waals surface area contributed by atoms with Crippen LogP contribution >= 0.6 is 0 Å². The summed E-state index contributed by atoms with van der Waals surface area (Å²) in [5.74, 6) is 1.03. The molecule has 6 heteroatoms. The van der Waals surface area contributed by atoms with Gasteiger partial charge in [-0.15, -0.1) is 0 Å². The number of nitrogens with one attached hydrogen (secondary N) is 1. The number of hydrogen-bond donors (Lipinski definition) is 1. The Hall–Kier alpha value is -3.41. The topological polar surface area (TPSA) is 63.3 Å². The van der Waals surface area contributed by atoms with Gasteiger partial charge in [0.2, 0.25) is 0 Å². The normalized spacial score (nSPS) is 12.7. The highest BCUT2D eigenvalue weighted by Gasteiger charge is 2.13. The molecule has 0 fully saturated rings. The number of H-pyrrole nitrogens is 1. The molecule has 0 radical (unpaired) electrons. The summed E-state index contributed by atoms with van der Waals surface area (Å²) in [4.78, 5) is 15.9. The molecule has 6 heterocycles. The molecule has 3 aromatic heterocycles. The van der Waals surface area contributed by atoms with Gasteiger partial charge in [-0.2, -0.15) is 0 Å². The van der Waals surface area contributed by atoms with E-state index in [9.17, 15) is 0 Å². The molecule has 0 unspecified atom stereocenters. The lowest BCUT2D eigenvalue weighted by Gasteiger charge is -2.05. The molecular formula is C18H14N6. The van der Waals surface area contributed by atoms with Crippen LogP contribution in [0.1, 0.15) is 0 Å².